The van der Waals surface area contributed by atoms with E-state index in [2.05, 4.69) is 55.4 Å². The highest BCUT2D eigenvalue weighted by atomic mass is 28.4. The lowest BCUT2D eigenvalue weighted by Crippen LogP contribution is -2.48. The number of ketones is 1. The molecule has 0 aromatic heterocycles. The molecule has 0 amide bonds. The van der Waals surface area contributed by atoms with Gasteiger partial charge in [0, 0.05) is 12.5 Å². The fraction of sp³-hybridized carbons (Fsp3) is 0.952. The zero-order valence-electron chi connectivity index (χ0n) is 18.1. The fourth-order valence-corrected chi connectivity index (χ4v) is 10.3. The average molecular weight is 371 g/mol. The minimum absolute atomic E-state index is 0.160. The van der Waals surface area contributed by atoms with E-state index in [1.165, 1.54) is 0 Å². The first-order valence-electron chi connectivity index (χ1n) is 10.3. The van der Waals surface area contributed by atoms with Crippen LogP contribution in [0, 0.1) is 11.8 Å². The van der Waals surface area contributed by atoms with Crippen molar-refractivity contribution in [3.8, 4) is 0 Å². The second-order valence-corrected chi connectivity index (χ2v) is 14.7. The van der Waals surface area contributed by atoms with Crippen molar-refractivity contribution in [1.29, 1.82) is 0 Å². The van der Waals surface area contributed by atoms with Gasteiger partial charge in [-0.2, -0.15) is 0 Å². The van der Waals surface area contributed by atoms with Gasteiger partial charge in [-0.05, 0) is 48.7 Å². The number of Topliss-reactive ketones (excluding diaryl/α,β-unsaturated/α-hetero) is 1. The lowest BCUT2D eigenvalue weighted by Gasteiger charge is -2.43. The Labute approximate surface area is 157 Å². The topological polar surface area (TPSA) is 35.5 Å². The molecule has 0 aromatic carbocycles. The Morgan fingerprint density at radius 2 is 1.52 bits per heavy atom. The predicted octanol–water partition coefficient (Wildman–Crippen LogP) is 5.98. The number of carbonyl (C=O) groups is 1. The molecule has 0 bridgehead atoms. The molecule has 4 heteroatoms. The fourth-order valence-electron chi connectivity index (χ4n) is 4.87. The minimum atomic E-state index is -1.81. The van der Waals surface area contributed by atoms with E-state index < -0.39 is 8.32 Å². The van der Waals surface area contributed by atoms with Crippen LogP contribution >= 0.6 is 0 Å². The van der Waals surface area contributed by atoms with Gasteiger partial charge in [0.05, 0.1) is 12.2 Å². The summed E-state index contributed by atoms with van der Waals surface area (Å²) in [6.07, 6.45) is 3.02. The summed E-state index contributed by atoms with van der Waals surface area (Å²) in [6.45, 7) is 20.8. The molecule has 0 radical (unpaired) electrons. The van der Waals surface area contributed by atoms with Crippen LogP contribution in [0.3, 0.4) is 0 Å². The summed E-state index contributed by atoms with van der Waals surface area (Å²) in [4.78, 5) is 11.9. The van der Waals surface area contributed by atoms with Crippen LogP contribution in [-0.4, -0.2) is 32.9 Å². The molecule has 1 saturated heterocycles. The Kier molecular flexibility index (Phi) is 8.83. The minimum Gasteiger partial charge on any atom is -0.416 e. The monoisotopic (exact) mass is 370 g/mol. The van der Waals surface area contributed by atoms with E-state index in [4.69, 9.17) is 9.16 Å². The van der Waals surface area contributed by atoms with Crippen LogP contribution in [0.1, 0.15) is 81.6 Å². The van der Waals surface area contributed by atoms with Crippen LogP contribution < -0.4 is 0 Å². The Bertz CT molecular complexity index is 396. The van der Waals surface area contributed by atoms with Gasteiger partial charge in [-0.25, -0.2) is 0 Å². The molecule has 0 unspecified atom stereocenters. The molecule has 3 atom stereocenters. The molecule has 1 aliphatic rings. The van der Waals surface area contributed by atoms with Gasteiger partial charge in [0.2, 0.25) is 0 Å². The van der Waals surface area contributed by atoms with Crippen LogP contribution in [0.25, 0.3) is 0 Å². The third kappa shape index (κ3) is 5.64. The number of hydrogen-bond acceptors (Lipinski definition) is 3. The first-order valence-corrected chi connectivity index (χ1v) is 12.5. The molecule has 1 heterocycles. The summed E-state index contributed by atoms with van der Waals surface area (Å²) in [7, 11) is -1.81. The number of hydrogen-bond donors (Lipinski definition) is 0. The molecule has 0 aromatic rings. The molecular weight excluding hydrogens is 328 g/mol. The van der Waals surface area contributed by atoms with Gasteiger partial charge in [-0.15, -0.1) is 0 Å². The maximum atomic E-state index is 11.9. The van der Waals surface area contributed by atoms with Gasteiger partial charge in [0.25, 0.3) is 0 Å². The van der Waals surface area contributed by atoms with Crippen molar-refractivity contribution in [2.24, 2.45) is 11.8 Å². The Hall–Kier alpha value is -0.193. The first kappa shape index (κ1) is 22.8. The lowest BCUT2D eigenvalue weighted by atomic mass is 9.84. The first-order chi connectivity index (χ1) is 11.5. The van der Waals surface area contributed by atoms with Gasteiger partial charge in [-0.3, -0.25) is 4.79 Å². The van der Waals surface area contributed by atoms with E-state index in [1.807, 2.05) is 0 Å². The molecule has 1 aliphatic heterocycles. The molecular formula is C21H42O3Si. The molecule has 1 rings (SSSR count). The highest BCUT2D eigenvalue weighted by molar-refractivity contribution is 6.77. The van der Waals surface area contributed by atoms with E-state index >= 15 is 0 Å². The average Bonchev–Trinajstić information content (AvgIpc) is 2.49. The maximum absolute atomic E-state index is 11.9. The summed E-state index contributed by atoms with van der Waals surface area (Å²) in [6, 6.07) is 0. The summed E-state index contributed by atoms with van der Waals surface area (Å²) >= 11 is 0. The van der Waals surface area contributed by atoms with E-state index in [1.54, 1.807) is 6.92 Å². The summed E-state index contributed by atoms with van der Waals surface area (Å²) < 4.78 is 13.0. The summed E-state index contributed by atoms with van der Waals surface area (Å²) in [5.74, 6) is 0.935. The molecule has 0 aliphatic carbocycles. The Morgan fingerprint density at radius 3 is 1.92 bits per heavy atom. The molecule has 0 spiro atoms. The van der Waals surface area contributed by atoms with Gasteiger partial charge >= 0.3 is 0 Å². The maximum Gasteiger partial charge on any atom is 0.200 e. The molecule has 3 nitrogen and oxygen atoms in total. The Morgan fingerprint density at radius 1 is 1.00 bits per heavy atom. The Balaban J connectivity index is 2.73. The van der Waals surface area contributed by atoms with Gasteiger partial charge in [-0.1, -0.05) is 55.4 Å². The van der Waals surface area contributed by atoms with E-state index in [9.17, 15) is 4.79 Å². The van der Waals surface area contributed by atoms with Crippen molar-refractivity contribution in [3.63, 3.8) is 0 Å². The van der Waals surface area contributed by atoms with Crippen molar-refractivity contribution in [1.82, 2.24) is 0 Å². The third-order valence-corrected chi connectivity index (χ3v) is 12.4. The lowest BCUT2D eigenvalue weighted by molar-refractivity contribution is -0.135. The van der Waals surface area contributed by atoms with Crippen molar-refractivity contribution >= 4 is 14.1 Å². The van der Waals surface area contributed by atoms with Crippen LogP contribution in [0.4, 0.5) is 0 Å². The quantitative estimate of drug-likeness (QED) is 0.468. The molecule has 148 valence electrons. The SMILES string of the molecule is CC(=O)[C@H]1C[C@@H](CCO[Si](C(C)C)(C(C)C)C(C)C)O[C@H](C(C)C)C1. The zero-order chi connectivity index (χ0) is 19.4. The van der Waals surface area contributed by atoms with Crippen LogP contribution in [-0.2, 0) is 14.0 Å². The largest absolute Gasteiger partial charge is 0.416 e. The highest BCUT2D eigenvalue weighted by Gasteiger charge is 2.45. The highest BCUT2D eigenvalue weighted by Crippen LogP contribution is 2.42. The van der Waals surface area contributed by atoms with Crippen molar-refractivity contribution in [2.45, 2.75) is 110 Å². The van der Waals surface area contributed by atoms with E-state index in [0.29, 0.717) is 28.3 Å². The van der Waals surface area contributed by atoms with E-state index in [-0.39, 0.29) is 18.1 Å². The number of ether oxygens (including phenoxy) is 1. The van der Waals surface area contributed by atoms with Crippen LogP contribution in [0.2, 0.25) is 16.6 Å². The number of carbonyl (C=O) groups excluding carboxylic acids is 1. The van der Waals surface area contributed by atoms with E-state index in [0.717, 1.165) is 25.9 Å². The second-order valence-electron chi connectivity index (χ2n) is 9.27. The third-order valence-electron chi connectivity index (χ3n) is 6.25. The van der Waals surface area contributed by atoms with Gasteiger partial charge in [0.15, 0.2) is 8.32 Å². The number of rotatable bonds is 9. The summed E-state index contributed by atoms with van der Waals surface area (Å²) in [5, 5.41) is 0. The molecule has 25 heavy (non-hydrogen) atoms. The normalized spacial score (nSPS) is 25.4. The molecule has 1 fully saturated rings. The zero-order valence-corrected chi connectivity index (χ0v) is 19.1. The van der Waals surface area contributed by atoms with Gasteiger partial charge < -0.3 is 9.16 Å². The van der Waals surface area contributed by atoms with Gasteiger partial charge in [0.1, 0.15) is 5.78 Å². The summed E-state index contributed by atoms with van der Waals surface area (Å²) in [5.41, 5.74) is 1.81. The standard InChI is InChI=1S/C21H42O3Si/c1-14(2)21-13-19(18(9)22)12-20(24-21)10-11-23-25(15(3)4,16(5)6)17(7)8/h14-17,19-21H,10-13H2,1-9H3/t19-,20+,21-/m0/s1. The molecule has 0 N–H and O–H groups in total. The van der Waals surface area contributed by atoms with Crippen LogP contribution in [0.15, 0.2) is 0 Å². The smallest absolute Gasteiger partial charge is 0.200 e. The van der Waals surface area contributed by atoms with Crippen molar-refractivity contribution in [3.05, 3.63) is 0 Å². The molecule has 0 saturated carbocycles. The van der Waals surface area contributed by atoms with Crippen molar-refractivity contribution < 1.29 is 14.0 Å². The second kappa shape index (κ2) is 9.66. The van der Waals surface area contributed by atoms with Crippen molar-refractivity contribution in [2.75, 3.05) is 6.61 Å². The predicted molar refractivity (Wildman–Crippen MR) is 109 cm³/mol. The van der Waals surface area contributed by atoms with Crippen LogP contribution in [0.5, 0.6) is 0 Å².